The van der Waals surface area contributed by atoms with Crippen molar-refractivity contribution >= 4 is 11.6 Å². The zero-order valence-corrected chi connectivity index (χ0v) is 14.2. The highest BCUT2D eigenvalue weighted by molar-refractivity contribution is 6.31. The van der Waals surface area contributed by atoms with E-state index in [4.69, 9.17) is 20.9 Å². The summed E-state index contributed by atoms with van der Waals surface area (Å²) in [5.74, 6) is 1.87. The van der Waals surface area contributed by atoms with E-state index < -0.39 is 0 Å². The maximum atomic E-state index is 6.21. The second-order valence-corrected chi connectivity index (χ2v) is 5.77. The second kappa shape index (κ2) is 7.47. The highest BCUT2D eigenvalue weighted by atomic mass is 35.5. The lowest BCUT2D eigenvalue weighted by molar-refractivity contribution is 0.360. The number of aromatic nitrogens is 2. The first-order valence-corrected chi connectivity index (χ1v) is 8.00. The normalized spacial score (nSPS) is 12.1. The van der Waals surface area contributed by atoms with Crippen LogP contribution in [0.5, 0.6) is 5.75 Å². The number of ether oxygens (including phenoxy) is 1. The van der Waals surface area contributed by atoms with Crippen LogP contribution in [0, 0.1) is 0 Å². The Kier molecular flexibility index (Phi) is 5.13. The summed E-state index contributed by atoms with van der Waals surface area (Å²) < 4.78 is 10.4. The van der Waals surface area contributed by atoms with Crippen LogP contribution < -0.4 is 10.1 Å². The zero-order valence-electron chi connectivity index (χ0n) is 13.5. The minimum absolute atomic E-state index is 0.0787. The lowest BCUT2D eigenvalue weighted by atomic mass is 10.1. The SMILES string of the molecule is COc1ccc(-c2noc(CNC(C)c3ccccc3Cl)n2)cc1. The number of hydrogen-bond acceptors (Lipinski definition) is 5. The molecular weight excluding hydrogens is 326 g/mol. The van der Waals surface area contributed by atoms with Crippen LogP contribution >= 0.6 is 11.6 Å². The van der Waals surface area contributed by atoms with Gasteiger partial charge in [0.2, 0.25) is 11.7 Å². The van der Waals surface area contributed by atoms with Crippen LogP contribution in [0.3, 0.4) is 0 Å². The summed E-state index contributed by atoms with van der Waals surface area (Å²) in [4.78, 5) is 4.41. The van der Waals surface area contributed by atoms with E-state index >= 15 is 0 Å². The predicted octanol–water partition coefficient (Wildman–Crippen LogP) is 4.25. The Balaban J connectivity index is 1.64. The number of nitrogens with zero attached hydrogens (tertiary/aromatic N) is 2. The molecule has 24 heavy (non-hydrogen) atoms. The molecule has 1 heterocycles. The van der Waals surface area contributed by atoms with Crippen molar-refractivity contribution in [1.82, 2.24) is 15.5 Å². The van der Waals surface area contributed by atoms with E-state index in [0.717, 1.165) is 21.9 Å². The quantitative estimate of drug-likeness (QED) is 0.725. The van der Waals surface area contributed by atoms with Gasteiger partial charge < -0.3 is 14.6 Å². The average Bonchev–Trinajstić information content (AvgIpc) is 3.09. The molecule has 5 nitrogen and oxygen atoms in total. The van der Waals surface area contributed by atoms with Gasteiger partial charge in [-0.2, -0.15) is 4.98 Å². The van der Waals surface area contributed by atoms with E-state index in [0.29, 0.717) is 18.3 Å². The first-order chi connectivity index (χ1) is 11.7. The van der Waals surface area contributed by atoms with Crippen LogP contribution in [-0.4, -0.2) is 17.3 Å². The van der Waals surface area contributed by atoms with Crippen molar-refractivity contribution in [3.63, 3.8) is 0 Å². The predicted molar refractivity (Wildman–Crippen MR) is 93.0 cm³/mol. The Morgan fingerprint density at radius 1 is 1.17 bits per heavy atom. The smallest absolute Gasteiger partial charge is 0.240 e. The van der Waals surface area contributed by atoms with Gasteiger partial charge in [-0.1, -0.05) is 35.0 Å². The summed E-state index contributed by atoms with van der Waals surface area (Å²) in [5.41, 5.74) is 1.92. The summed E-state index contributed by atoms with van der Waals surface area (Å²) in [7, 11) is 1.63. The molecule has 124 valence electrons. The number of nitrogens with one attached hydrogen (secondary N) is 1. The van der Waals surface area contributed by atoms with E-state index in [9.17, 15) is 0 Å². The highest BCUT2D eigenvalue weighted by Crippen LogP contribution is 2.23. The monoisotopic (exact) mass is 343 g/mol. The van der Waals surface area contributed by atoms with Crippen molar-refractivity contribution in [2.24, 2.45) is 0 Å². The third-order valence-corrected chi connectivity index (χ3v) is 4.09. The number of halogens is 1. The molecule has 0 amide bonds. The zero-order chi connectivity index (χ0) is 16.9. The summed E-state index contributed by atoms with van der Waals surface area (Å²) >= 11 is 6.21. The first-order valence-electron chi connectivity index (χ1n) is 7.62. The van der Waals surface area contributed by atoms with Gasteiger partial charge in [-0.25, -0.2) is 0 Å². The van der Waals surface area contributed by atoms with Crippen molar-refractivity contribution in [2.75, 3.05) is 7.11 Å². The number of rotatable bonds is 6. The summed E-state index contributed by atoms with van der Waals surface area (Å²) in [6.45, 7) is 2.51. The Morgan fingerprint density at radius 2 is 1.92 bits per heavy atom. The van der Waals surface area contributed by atoms with Gasteiger partial charge in [0.1, 0.15) is 5.75 Å². The van der Waals surface area contributed by atoms with E-state index in [-0.39, 0.29) is 6.04 Å². The molecule has 0 saturated carbocycles. The molecule has 3 rings (SSSR count). The molecule has 1 aromatic heterocycles. The molecule has 0 saturated heterocycles. The topological polar surface area (TPSA) is 60.2 Å². The molecule has 6 heteroatoms. The molecule has 3 aromatic rings. The molecule has 0 spiro atoms. The highest BCUT2D eigenvalue weighted by Gasteiger charge is 2.12. The number of benzene rings is 2. The van der Waals surface area contributed by atoms with Crippen molar-refractivity contribution in [3.05, 3.63) is 65.0 Å². The third-order valence-electron chi connectivity index (χ3n) is 3.75. The fourth-order valence-corrected chi connectivity index (χ4v) is 2.66. The molecular formula is C18H18ClN3O2. The van der Waals surface area contributed by atoms with Gasteiger partial charge in [-0.15, -0.1) is 0 Å². The first kappa shape index (κ1) is 16.5. The van der Waals surface area contributed by atoms with Gasteiger partial charge in [0.15, 0.2) is 0 Å². The molecule has 0 aliphatic heterocycles. The Morgan fingerprint density at radius 3 is 2.62 bits per heavy atom. The molecule has 0 bridgehead atoms. The maximum Gasteiger partial charge on any atom is 0.240 e. The summed E-state index contributed by atoms with van der Waals surface area (Å²) in [5, 5.41) is 8.09. The lowest BCUT2D eigenvalue weighted by Gasteiger charge is -2.13. The molecule has 1 N–H and O–H groups in total. The van der Waals surface area contributed by atoms with Crippen LogP contribution in [0.25, 0.3) is 11.4 Å². The van der Waals surface area contributed by atoms with Crippen LogP contribution in [0.4, 0.5) is 0 Å². The summed E-state index contributed by atoms with van der Waals surface area (Å²) in [6.07, 6.45) is 0. The molecule has 0 aliphatic carbocycles. The summed E-state index contributed by atoms with van der Waals surface area (Å²) in [6, 6.07) is 15.4. The minimum atomic E-state index is 0.0787. The lowest BCUT2D eigenvalue weighted by Crippen LogP contribution is -2.18. The van der Waals surface area contributed by atoms with Gasteiger partial charge in [0.25, 0.3) is 0 Å². The minimum Gasteiger partial charge on any atom is -0.497 e. The largest absolute Gasteiger partial charge is 0.497 e. The van der Waals surface area contributed by atoms with Gasteiger partial charge in [0, 0.05) is 16.6 Å². The van der Waals surface area contributed by atoms with Crippen LogP contribution in [0.1, 0.15) is 24.4 Å². The standard InChI is InChI=1S/C18H18ClN3O2/c1-12(15-5-3-4-6-16(15)19)20-11-17-21-18(22-24-17)13-7-9-14(23-2)10-8-13/h3-10,12,20H,11H2,1-2H3. The second-order valence-electron chi connectivity index (χ2n) is 5.36. The van der Waals surface area contributed by atoms with E-state index in [1.807, 2.05) is 55.5 Å². The Bertz CT molecular complexity index is 802. The van der Waals surface area contributed by atoms with Gasteiger partial charge >= 0.3 is 0 Å². The van der Waals surface area contributed by atoms with Crippen LogP contribution in [-0.2, 0) is 6.54 Å². The Labute approximate surface area is 145 Å². The maximum absolute atomic E-state index is 6.21. The van der Waals surface area contributed by atoms with Gasteiger partial charge in [-0.05, 0) is 42.8 Å². The third kappa shape index (κ3) is 3.75. The fourth-order valence-electron chi connectivity index (χ4n) is 2.36. The van der Waals surface area contributed by atoms with Crippen molar-refractivity contribution < 1.29 is 9.26 Å². The molecule has 2 aromatic carbocycles. The van der Waals surface area contributed by atoms with Crippen molar-refractivity contribution in [1.29, 1.82) is 0 Å². The van der Waals surface area contributed by atoms with Crippen LogP contribution in [0.2, 0.25) is 5.02 Å². The van der Waals surface area contributed by atoms with Gasteiger partial charge in [0.05, 0.1) is 13.7 Å². The number of methoxy groups -OCH3 is 1. The molecule has 1 atom stereocenters. The Hall–Kier alpha value is -2.37. The van der Waals surface area contributed by atoms with E-state index in [1.165, 1.54) is 0 Å². The van der Waals surface area contributed by atoms with Crippen LogP contribution in [0.15, 0.2) is 53.1 Å². The molecule has 0 aliphatic rings. The molecule has 0 fully saturated rings. The van der Waals surface area contributed by atoms with E-state index in [2.05, 4.69) is 15.5 Å². The van der Waals surface area contributed by atoms with Crippen molar-refractivity contribution in [3.8, 4) is 17.1 Å². The molecule has 0 radical (unpaired) electrons. The number of hydrogen-bond donors (Lipinski definition) is 1. The molecule has 1 unspecified atom stereocenters. The van der Waals surface area contributed by atoms with E-state index in [1.54, 1.807) is 7.11 Å². The average molecular weight is 344 g/mol. The van der Waals surface area contributed by atoms with Crippen molar-refractivity contribution in [2.45, 2.75) is 19.5 Å². The fraction of sp³-hybridized carbons (Fsp3) is 0.222. The van der Waals surface area contributed by atoms with Gasteiger partial charge in [-0.3, -0.25) is 0 Å².